The fraction of sp³-hybridized carbons (Fsp3) is 0.400. The SMILES string of the molecule is CNS(=O)(=O)c1cc(N)ccc1NCCS(C)=O. The molecule has 1 unspecified atom stereocenters. The molecule has 0 spiro atoms. The second-order valence-corrected chi connectivity index (χ2v) is 7.08. The minimum absolute atomic E-state index is 0.0897. The van der Waals surface area contributed by atoms with E-state index in [0.717, 1.165) is 0 Å². The van der Waals surface area contributed by atoms with Crippen LogP contribution in [-0.4, -0.2) is 38.2 Å². The van der Waals surface area contributed by atoms with E-state index in [1.165, 1.54) is 13.1 Å². The van der Waals surface area contributed by atoms with Gasteiger partial charge < -0.3 is 11.1 Å². The van der Waals surface area contributed by atoms with Crippen molar-refractivity contribution in [2.45, 2.75) is 4.90 Å². The van der Waals surface area contributed by atoms with Crippen LogP contribution in [0.15, 0.2) is 23.1 Å². The first kappa shape index (κ1) is 14.9. The monoisotopic (exact) mass is 291 g/mol. The van der Waals surface area contributed by atoms with Crippen LogP contribution < -0.4 is 15.8 Å². The van der Waals surface area contributed by atoms with Gasteiger partial charge in [-0.25, -0.2) is 13.1 Å². The van der Waals surface area contributed by atoms with Crippen LogP contribution in [0.1, 0.15) is 0 Å². The Hall–Kier alpha value is -1.12. The minimum Gasteiger partial charge on any atom is -0.399 e. The van der Waals surface area contributed by atoms with Crippen LogP contribution in [0.2, 0.25) is 0 Å². The van der Waals surface area contributed by atoms with Crippen molar-refractivity contribution in [3.05, 3.63) is 18.2 Å². The average Bonchev–Trinajstić information content (AvgIpc) is 2.30. The third kappa shape index (κ3) is 3.97. The summed E-state index contributed by atoms with van der Waals surface area (Å²) in [7, 11) is -3.16. The van der Waals surface area contributed by atoms with Crippen LogP contribution >= 0.6 is 0 Å². The van der Waals surface area contributed by atoms with Gasteiger partial charge in [-0.1, -0.05) is 0 Å². The van der Waals surface area contributed by atoms with Gasteiger partial charge in [-0.05, 0) is 25.2 Å². The molecular weight excluding hydrogens is 274 g/mol. The second kappa shape index (κ2) is 6.17. The van der Waals surface area contributed by atoms with Crippen LogP contribution in [0.25, 0.3) is 0 Å². The summed E-state index contributed by atoms with van der Waals surface area (Å²) in [6, 6.07) is 4.59. The fourth-order valence-electron chi connectivity index (χ4n) is 1.35. The third-order valence-corrected chi connectivity index (χ3v) is 4.50. The van der Waals surface area contributed by atoms with Gasteiger partial charge in [0.2, 0.25) is 10.0 Å². The molecule has 0 aliphatic heterocycles. The van der Waals surface area contributed by atoms with E-state index in [1.54, 1.807) is 18.4 Å². The lowest BCUT2D eigenvalue weighted by Gasteiger charge is -2.12. The summed E-state index contributed by atoms with van der Waals surface area (Å²) in [5.41, 5.74) is 6.40. The topological polar surface area (TPSA) is 101 Å². The summed E-state index contributed by atoms with van der Waals surface area (Å²) in [4.78, 5) is 0.0897. The van der Waals surface area contributed by atoms with Gasteiger partial charge in [-0.15, -0.1) is 0 Å². The maximum Gasteiger partial charge on any atom is 0.242 e. The van der Waals surface area contributed by atoms with Crippen molar-refractivity contribution >= 4 is 32.2 Å². The Morgan fingerprint density at radius 2 is 2.06 bits per heavy atom. The van der Waals surface area contributed by atoms with E-state index in [2.05, 4.69) is 10.0 Å². The minimum atomic E-state index is -3.57. The number of nitrogens with two attached hydrogens (primary N) is 1. The molecule has 4 N–H and O–H groups in total. The molecule has 1 atom stereocenters. The molecule has 1 aromatic carbocycles. The molecule has 0 aliphatic carbocycles. The highest BCUT2D eigenvalue weighted by atomic mass is 32.2. The van der Waals surface area contributed by atoms with Gasteiger partial charge in [0.25, 0.3) is 0 Å². The average molecular weight is 291 g/mol. The van der Waals surface area contributed by atoms with Crippen LogP contribution in [-0.2, 0) is 20.8 Å². The van der Waals surface area contributed by atoms with Gasteiger partial charge in [0.05, 0.1) is 5.69 Å². The predicted molar refractivity (Wildman–Crippen MR) is 74.5 cm³/mol. The quantitative estimate of drug-likeness (QED) is 0.639. The number of nitrogens with one attached hydrogen (secondary N) is 2. The number of hydrogen-bond acceptors (Lipinski definition) is 5. The Labute approximate surface area is 109 Å². The lowest BCUT2D eigenvalue weighted by atomic mass is 10.3. The van der Waals surface area contributed by atoms with Crippen molar-refractivity contribution in [1.29, 1.82) is 0 Å². The van der Waals surface area contributed by atoms with Crippen molar-refractivity contribution in [2.75, 3.05) is 36.7 Å². The molecule has 0 heterocycles. The van der Waals surface area contributed by atoms with Crippen molar-refractivity contribution in [1.82, 2.24) is 4.72 Å². The van der Waals surface area contributed by atoms with Crippen LogP contribution in [0.3, 0.4) is 0 Å². The van der Waals surface area contributed by atoms with E-state index >= 15 is 0 Å². The van der Waals surface area contributed by atoms with Gasteiger partial charge >= 0.3 is 0 Å². The molecule has 6 nitrogen and oxygen atoms in total. The van der Waals surface area contributed by atoms with Crippen molar-refractivity contribution in [3.63, 3.8) is 0 Å². The second-order valence-electron chi connectivity index (χ2n) is 3.67. The van der Waals surface area contributed by atoms with E-state index in [9.17, 15) is 12.6 Å². The molecule has 0 amide bonds. The van der Waals surface area contributed by atoms with Gasteiger partial charge in [0.1, 0.15) is 4.90 Å². The van der Waals surface area contributed by atoms with Gasteiger partial charge in [0, 0.05) is 35.0 Å². The Bertz CT molecular complexity index is 543. The number of sulfonamides is 1. The van der Waals surface area contributed by atoms with Gasteiger partial charge in [-0.3, -0.25) is 4.21 Å². The van der Waals surface area contributed by atoms with Crippen LogP contribution in [0.4, 0.5) is 11.4 Å². The first-order chi connectivity index (χ1) is 8.36. The zero-order chi connectivity index (χ0) is 13.8. The zero-order valence-corrected chi connectivity index (χ0v) is 11.9. The standard InChI is InChI=1S/C10H17N3O3S2/c1-12-18(15,16)10-7-8(11)3-4-9(10)13-5-6-17(2)14/h3-4,7,12-13H,5-6,11H2,1-2H3. The van der Waals surface area contributed by atoms with Crippen molar-refractivity contribution < 1.29 is 12.6 Å². The zero-order valence-electron chi connectivity index (χ0n) is 10.3. The number of hydrogen-bond donors (Lipinski definition) is 3. The summed E-state index contributed by atoms with van der Waals surface area (Å²) >= 11 is 0. The molecule has 18 heavy (non-hydrogen) atoms. The molecule has 1 rings (SSSR count). The maximum atomic E-state index is 11.8. The number of anilines is 2. The highest BCUT2D eigenvalue weighted by Crippen LogP contribution is 2.23. The lowest BCUT2D eigenvalue weighted by Crippen LogP contribution is -2.21. The van der Waals surface area contributed by atoms with Crippen molar-refractivity contribution in [3.8, 4) is 0 Å². The molecule has 0 fully saturated rings. The molecule has 102 valence electrons. The summed E-state index contributed by atoms with van der Waals surface area (Å²) in [5.74, 6) is 0.448. The highest BCUT2D eigenvalue weighted by molar-refractivity contribution is 7.89. The molecule has 0 saturated carbocycles. The number of benzene rings is 1. The van der Waals surface area contributed by atoms with Gasteiger partial charge in [0.15, 0.2) is 0 Å². The largest absolute Gasteiger partial charge is 0.399 e. The molecule has 0 bridgehead atoms. The van der Waals surface area contributed by atoms with E-state index in [1.807, 2.05) is 0 Å². The molecule has 0 aliphatic rings. The Kier molecular flexibility index (Phi) is 5.12. The van der Waals surface area contributed by atoms with E-state index in [-0.39, 0.29) is 4.90 Å². The molecular formula is C10H17N3O3S2. The smallest absolute Gasteiger partial charge is 0.242 e. The number of rotatable bonds is 6. The Morgan fingerprint density at radius 1 is 1.39 bits per heavy atom. The first-order valence-corrected chi connectivity index (χ1v) is 8.45. The Balaban J connectivity index is 3.01. The van der Waals surface area contributed by atoms with E-state index in [0.29, 0.717) is 23.7 Å². The lowest BCUT2D eigenvalue weighted by molar-refractivity contribution is 0.588. The van der Waals surface area contributed by atoms with Crippen LogP contribution in [0, 0.1) is 0 Å². The van der Waals surface area contributed by atoms with Crippen molar-refractivity contribution in [2.24, 2.45) is 0 Å². The predicted octanol–water partition coefficient (Wildman–Crippen LogP) is -0.0327. The Morgan fingerprint density at radius 3 is 2.61 bits per heavy atom. The molecule has 0 saturated heterocycles. The normalized spacial score (nSPS) is 13.2. The summed E-state index contributed by atoms with van der Waals surface area (Å²) < 4.78 is 36.8. The molecule has 0 aromatic heterocycles. The summed E-state index contributed by atoms with van der Waals surface area (Å²) in [6.45, 7) is 0.430. The first-order valence-electron chi connectivity index (χ1n) is 5.24. The molecule has 0 radical (unpaired) electrons. The number of nitrogen functional groups attached to an aromatic ring is 1. The van der Waals surface area contributed by atoms with E-state index in [4.69, 9.17) is 5.73 Å². The van der Waals surface area contributed by atoms with Crippen LogP contribution in [0.5, 0.6) is 0 Å². The highest BCUT2D eigenvalue weighted by Gasteiger charge is 2.16. The van der Waals surface area contributed by atoms with E-state index < -0.39 is 20.8 Å². The van der Waals surface area contributed by atoms with Gasteiger partial charge in [-0.2, -0.15) is 0 Å². The third-order valence-electron chi connectivity index (χ3n) is 2.27. The molecule has 1 aromatic rings. The molecule has 8 heteroatoms. The summed E-state index contributed by atoms with van der Waals surface area (Å²) in [5, 5.41) is 2.94. The maximum absolute atomic E-state index is 11.8. The fourth-order valence-corrected chi connectivity index (χ4v) is 2.68. The summed E-state index contributed by atoms with van der Waals surface area (Å²) in [6.07, 6.45) is 1.59.